The maximum absolute atomic E-state index is 12.7. The normalized spacial score (nSPS) is 15.5. The fraction of sp³-hybridized carbons (Fsp3) is 0.176. The lowest BCUT2D eigenvalue weighted by molar-refractivity contribution is -0.122. The van der Waals surface area contributed by atoms with Crippen LogP contribution in [0.1, 0.15) is 10.4 Å². The average Bonchev–Trinajstić information content (AvgIpc) is 2.68. The van der Waals surface area contributed by atoms with Gasteiger partial charge in [0, 0.05) is 18.7 Å². The standard InChI is InChI=1S/C17H18N4O6S2/c18-17(23)12-4-6-14(7-5-12)28(24,25)20-13-2-1-3-15(10-13)29(26,27)21-9-8-19-16(22)11-21/h1-7,10,20H,8-9,11H2,(H2,18,23)(H,19,22). The van der Waals surface area contributed by atoms with Gasteiger partial charge in [0.15, 0.2) is 0 Å². The largest absolute Gasteiger partial charge is 0.366 e. The summed E-state index contributed by atoms with van der Waals surface area (Å²) in [4.78, 5) is 22.3. The van der Waals surface area contributed by atoms with Gasteiger partial charge >= 0.3 is 0 Å². The molecule has 4 N–H and O–H groups in total. The number of carbonyl (C=O) groups excluding carboxylic acids is 2. The highest BCUT2D eigenvalue weighted by Gasteiger charge is 2.29. The van der Waals surface area contributed by atoms with Crippen LogP contribution in [0.5, 0.6) is 0 Å². The van der Waals surface area contributed by atoms with Gasteiger partial charge in [-0.15, -0.1) is 0 Å². The number of nitrogens with zero attached hydrogens (tertiary/aromatic N) is 1. The molecule has 1 heterocycles. The van der Waals surface area contributed by atoms with Crippen molar-refractivity contribution in [3.63, 3.8) is 0 Å². The van der Waals surface area contributed by atoms with Crippen molar-refractivity contribution in [3.05, 3.63) is 54.1 Å². The van der Waals surface area contributed by atoms with E-state index in [1.807, 2.05) is 0 Å². The van der Waals surface area contributed by atoms with Gasteiger partial charge in [0.1, 0.15) is 0 Å². The van der Waals surface area contributed by atoms with Gasteiger partial charge in [0.25, 0.3) is 10.0 Å². The fourth-order valence-corrected chi connectivity index (χ4v) is 5.19. The van der Waals surface area contributed by atoms with Gasteiger partial charge in [-0.2, -0.15) is 4.31 Å². The lowest BCUT2D eigenvalue weighted by Crippen LogP contribution is -2.49. The summed E-state index contributed by atoms with van der Waals surface area (Å²) in [5.74, 6) is -1.10. The van der Waals surface area contributed by atoms with Crippen LogP contribution in [-0.2, 0) is 24.8 Å². The molecular weight excluding hydrogens is 420 g/mol. The first-order chi connectivity index (χ1) is 13.6. The molecular formula is C17H18N4O6S2. The quantitative estimate of drug-likeness (QED) is 0.563. The van der Waals surface area contributed by atoms with Crippen LogP contribution in [0.4, 0.5) is 5.69 Å². The molecule has 2 amide bonds. The van der Waals surface area contributed by atoms with E-state index in [1.54, 1.807) is 0 Å². The van der Waals surface area contributed by atoms with Gasteiger partial charge in [-0.05, 0) is 42.5 Å². The summed E-state index contributed by atoms with van der Waals surface area (Å²) < 4.78 is 53.9. The van der Waals surface area contributed by atoms with E-state index in [9.17, 15) is 26.4 Å². The predicted octanol–water partition coefficient (Wildman–Crippen LogP) is -0.293. The molecule has 0 aromatic heterocycles. The maximum atomic E-state index is 12.7. The topological polar surface area (TPSA) is 156 Å². The highest BCUT2D eigenvalue weighted by molar-refractivity contribution is 7.92. The molecule has 0 bridgehead atoms. The number of carbonyl (C=O) groups is 2. The van der Waals surface area contributed by atoms with Gasteiger partial charge in [0.05, 0.1) is 22.0 Å². The molecule has 3 rings (SSSR count). The fourth-order valence-electron chi connectivity index (χ4n) is 2.70. The molecule has 154 valence electrons. The first-order valence-electron chi connectivity index (χ1n) is 8.39. The van der Waals surface area contributed by atoms with E-state index in [0.717, 1.165) is 4.31 Å². The average molecular weight is 438 g/mol. The van der Waals surface area contributed by atoms with Crippen molar-refractivity contribution >= 4 is 37.5 Å². The smallest absolute Gasteiger partial charge is 0.261 e. The number of sulfonamides is 2. The monoisotopic (exact) mass is 438 g/mol. The van der Waals surface area contributed by atoms with Gasteiger partial charge < -0.3 is 11.1 Å². The van der Waals surface area contributed by atoms with Crippen molar-refractivity contribution < 1.29 is 26.4 Å². The van der Waals surface area contributed by atoms with Crippen molar-refractivity contribution in [2.45, 2.75) is 9.79 Å². The van der Waals surface area contributed by atoms with Gasteiger partial charge in [0.2, 0.25) is 21.8 Å². The Kier molecular flexibility index (Phi) is 5.59. The number of nitrogens with two attached hydrogens (primary N) is 1. The van der Waals surface area contributed by atoms with Crippen LogP contribution in [0.3, 0.4) is 0 Å². The molecule has 0 atom stereocenters. The second kappa shape index (κ2) is 7.81. The Balaban J connectivity index is 1.85. The number of rotatable bonds is 6. The number of amides is 2. The van der Waals surface area contributed by atoms with E-state index in [4.69, 9.17) is 5.73 Å². The van der Waals surface area contributed by atoms with Crippen molar-refractivity contribution in [2.24, 2.45) is 5.73 Å². The lowest BCUT2D eigenvalue weighted by Gasteiger charge is -2.26. The Bertz CT molecular complexity index is 1160. The van der Waals surface area contributed by atoms with E-state index in [0.29, 0.717) is 0 Å². The van der Waals surface area contributed by atoms with Crippen LogP contribution < -0.4 is 15.8 Å². The summed E-state index contributed by atoms with van der Waals surface area (Å²) in [5.41, 5.74) is 5.32. The third kappa shape index (κ3) is 4.55. The third-order valence-corrected chi connectivity index (χ3v) is 7.41. The molecule has 1 aliphatic heterocycles. The number of nitrogens with one attached hydrogen (secondary N) is 2. The molecule has 1 aliphatic rings. The Morgan fingerprint density at radius 1 is 1.03 bits per heavy atom. The molecule has 2 aromatic carbocycles. The Labute approximate surface area is 167 Å². The number of piperazine rings is 1. The first kappa shape index (κ1) is 20.8. The summed E-state index contributed by atoms with van der Waals surface area (Å²) in [6, 6.07) is 10.3. The molecule has 0 saturated carbocycles. The maximum Gasteiger partial charge on any atom is 0.261 e. The summed E-state index contributed by atoms with van der Waals surface area (Å²) in [7, 11) is -7.99. The molecule has 1 saturated heterocycles. The minimum absolute atomic E-state index is 0.0338. The molecule has 12 heteroatoms. The molecule has 2 aromatic rings. The second-order valence-electron chi connectivity index (χ2n) is 6.21. The molecule has 0 unspecified atom stereocenters. The van der Waals surface area contributed by atoms with E-state index < -0.39 is 31.9 Å². The SMILES string of the molecule is NC(=O)c1ccc(S(=O)(=O)Nc2cccc(S(=O)(=O)N3CCNC(=O)C3)c2)cc1. The lowest BCUT2D eigenvalue weighted by atomic mass is 10.2. The predicted molar refractivity (Wildman–Crippen MR) is 104 cm³/mol. The van der Waals surface area contributed by atoms with Crippen LogP contribution in [0.15, 0.2) is 58.3 Å². The van der Waals surface area contributed by atoms with Crippen LogP contribution in [0.2, 0.25) is 0 Å². The number of primary amides is 1. The summed E-state index contributed by atoms with van der Waals surface area (Å²) in [6.45, 7) is 0.0203. The number of hydrogen-bond acceptors (Lipinski definition) is 6. The van der Waals surface area contributed by atoms with Crippen molar-refractivity contribution in [2.75, 3.05) is 24.4 Å². The van der Waals surface area contributed by atoms with E-state index >= 15 is 0 Å². The molecule has 0 spiro atoms. The van der Waals surface area contributed by atoms with Gasteiger partial charge in [-0.3, -0.25) is 14.3 Å². The third-order valence-electron chi connectivity index (χ3n) is 4.18. The minimum Gasteiger partial charge on any atom is -0.366 e. The molecule has 1 fully saturated rings. The van der Waals surface area contributed by atoms with E-state index in [1.165, 1.54) is 48.5 Å². The molecule has 0 radical (unpaired) electrons. The van der Waals surface area contributed by atoms with Crippen LogP contribution in [0, 0.1) is 0 Å². The van der Waals surface area contributed by atoms with Gasteiger partial charge in [-0.1, -0.05) is 6.07 Å². The summed E-state index contributed by atoms with van der Waals surface area (Å²) >= 11 is 0. The Morgan fingerprint density at radius 2 is 1.72 bits per heavy atom. The van der Waals surface area contributed by atoms with E-state index in [-0.39, 0.29) is 40.7 Å². The van der Waals surface area contributed by atoms with Gasteiger partial charge in [-0.25, -0.2) is 16.8 Å². The zero-order valence-corrected chi connectivity index (χ0v) is 16.7. The number of anilines is 1. The molecule has 0 aliphatic carbocycles. The summed E-state index contributed by atoms with van der Waals surface area (Å²) in [5, 5.41) is 2.54. The highest BCUT2D eigenvalue weighted by atomic mass is 32.2. The van der Waals surface area contributed by atoms with E-state index in [2.05, 4.69) is 10.0 Å². The number of hydrogen-bond donors (Lipinski definition) is 3. The van der Waals surface area contributed by atoms with Crippen molar-refractivity contribution in [1.82, 2.24) is 9.62 Å². The first-order valence-corrected chi connectivity index (χ1v) is 11.3. The zero-order chi connectivity index (χ0) is 21.2. The van der Waals surface area contributed by atoms with Crippen LogP contribution in [0.25, 0.3) is 0 Å². The van der Waals surface area contributed by atoms with Crippen molar-refractivity contribution in [3.8, 4) is 0 Å². The van der Waals surface area contributed by atoms with Crippen LogP contribution >= 0.6 is 0 Å². The minimum atomic E-state index is -4.03. The Morgan fingerprint density at radius 3 is 2.34 bits per heavy atom. The Hall–Kier alpha value is -2.96. The highest BCUT2D eigenvalue weighted by Crippen LogP contribution is 2.22. The zero-order valence-electron chi connectivity index (χ0n) is 15.0. The van der Waals surface area contributed by atoms with Crippen LogP contribution in [-0.4, -0.2) is 52.6 Å². The molecule has 29 heavy (non-hydrogen) atoms. The molecule has 10 nitrogen and oxygen atoms in total. The summed E-state index contributed by atoms with van der Waals surface area (Å²) in [6.07, 6.45) is 0. The second-order valence-corrected chi connectivity index (χ2v) is 9.83. The number of benzene rings is 2. The van der Waals surface area contributed by atoms with Crippen molar-refractivity contribution in [1.29, 1.82) is 0 Å².